The van der Waals surface area contributed by atoms with E-state index in [1.807, 2.05) is 30.0 Å². The van der Waals surface area contributed by atoms with E-state index in [4.69, 9.17) is 9.97 Å². The number of amides is 1. The van der Waals surface area contributed by atoms with Gasteiger partial charge in [0, 0.05) is 49.4 Å². The zero-order valence-electron chi connectivity index (χ0n) is 21.5. The summed E-state index contributed by atoms with van der Waals surface area (Å²) < 4.78 is 0. The number of benzene rings is 2. The quantitative estimate of drug-likeness (QED) is 0.380. The van der Waals surface area contributed by atoms with Crippen LogP contribution in [0.25, 0.3) is 0 Å². The molecule has 0 N–H and O–H groups in total. The number of piperazine rings is 1. The molecule has 0 atom stereocenters. The molecule has 1 saturated heterocycles. The second-order valence-electron chi connectivity index (χ2n) is 9.47. The van der Waals surface area contributed by atoms with Gasteiger partial charge in [0.1, 0.15) is 11.6 Å². The molecule has 0 radical (unpaired) electrons. The maximum atomic E-state index is 13.2. The Balaban J connectivity index is 1.44. The second kappa shape index (κ2) is 12.0. The molecule has 0 unspecified atom stereocenters. The molecule has 0 aliphatic carbocycles. The third-order valence-corrected chi connectivity index (χ3v) is 6.88. The van der Waals surface area contributed by atoms with E-state index in [1.54, 1.807) is 0 Å². The molecule has 0 bridgehead atoms. The largest absolute Gasteiger partial charge is 0.353 e. The smallest absolute Gasteiger partial charge is 0.253 e. The van der Waals surface area contributed by atoms with E-state index in [2.05, 4.69) is 55.1 Å². The maximum Gasteiger partial charge on any atom is 0.253 e. The van der Waals surface area contributed by atoms with Crippen molar-refractivity contribution in [1.29, 1.82) is 0 Å². The van der Waals surface area contributed by atoms with E-state index in [9.17, 15) is 4.79 Å². The summed E-state index contributed by atoms with van der Waals surface area (Å²) in [6.45, 7) is 9.32. The molecule has 1 aromatic heterocycles. The normalized spacial score (nSPS) is 13.8. The molecule has 5 heteroatoms. The van der Waals surface area contributed by atoms with Crippen molar-refractivity contribution in [3.63, 3.8) is 0 Å². The first-order valence-corrected chi connectivity index (χ1v) is 13.1. The number of aromatic nitrogens is 2. The van der Waals surface area contributed by atoms with E-state index < -0.39 is 0 Å². The third kappa shape index (κ3) is 6.27. The van der Waals surface area contributed by atoms with Gasteiger partial charge in [0.15, 0.2) is 0 Å². The molecule has 1 amide bonds. The average molecular weight is 471 g/mol. The highest BCUT2D eigenvalue weighted by Gasteiger charge is 2.25. The zero-order valence-corrected chi connectivity index (χ0v) is 21.5. The van der Waals surface area contributed by atoms with E-state index in [1.165, 1.54) is 36.0 Å². The molecule has 0 spiro atoms. The van der Waals surface area contributed by atoms with Crippen LogP contribution < -0.4 is 4.90 Å². The number of hydrogen-bond acceptors (Lipinski definition) is 4. The standard InChI is InChI=1S/C30H38N4O/c1-4-6-8-11-24-14-16-26(17-15-24)30(35)34-20-18-33(19-21-34)29-27(22-25-12-9-7-10-13-25)28(5-2)31-23(3)32-29/h7,9-10,12-17H,4-6,8,11,18-22H2,1-3H3. The molecular weight excluding hydrogens is 432 g/mol. The number of unbranched alkanes of at least 4 members (excludes halogenated alkanes) is 2. The topological polar surface area (TPSA) is 49.3 Å². The van der Waals surface area contributed by atoms with E-state index in [-0.39, 0.29) is 5.91 Å². The lowest BCUT2D eigenvalue weighted by atomic mass is 10.0. The van der Waals surface area contributed by atoms with Crippen molar-refractivity contribution in [3.05, 3.63) is 88.4 Å². The van der Waals surface area contributed by atoms with E-state index in [0.29, 0.717) is 13.1 Å². The average Bonchev–Trinajstić information content (AvgIpc) is 2.90. The van der Waals surface area contributed by atoms with Crippen LogP contribution in [-0.4, -0.2) is 47.0 Å². The van der Waals surface area contributed by atoms with Gasteiger partial charge in [-0.25, -0.2) is 9.97 Å². The highest BCUT2D eigenvalue weighted by molar-refractivity contribution is 5.94. The number of carbonyl (C=O) groups excluding carboxylic acids is 1. The van der Waals surface area contributed by atoms with Crippen LogP contribution in [0, 0.1) is 6.92 Å². The van der Waals surface area contributed by atoms with Crippen LogP contribution >= 0.6 is 0 Å². The highest BCUT2D eigenvalue weighted by Crippen LogP contribution is 2.26. The molecule has 5 nitrogen and oxygen atoms in total. The van der Waals surface area contributed by atoms with Gasteiger partial charge < -0.3 is 9.80 Å². The Morgan fingerprint density at radius 3 is 2.23 bits per heavy atom. The van der Waals surface area contributed by atoms with Crippen molar-refractivity contribution in [3.8, 4) is 0 Å². The molecule has 2 heterocycles. The molecule has 3 aromatic rings. The molecule has 2 aromatic carbocycles. The Kier molecular flexibility index (Phi) is 8.51. The van der Waals surface area contributed by atoms with Gasteiger partial charge in [0.2, 0.25) is 0 Å². The van der Waals surface area contributed by atoms with Crippen molar-refractivity contribution in [2.24, 2.45) is 0 Å². The Hall–Kier alpha value is -3.21. The number of nitrogens with zero attached hydrogens (tertiary/aromatic N) is 4. The van der Waals surface area contributed by atoms with Gasteiger partial charge in [0.05, 0.1) is 0 Å². The molecule has 4 rings (SSSR count). The van der Waals surface area contributed by atoms with Crippen LogP contribution in [0.4, 0.5) is 5.82 Å². The molecule has 1 aliphatic heterocycles. The molecule has 0 saturated carbocycles. The summed E-state index contributed by atoms with van der Waals surface area (Å²) in [5.41, 5.74) is 5.70. The van der Waals surface area contributed by atoms with Gasteiger partial charge in [0.25, 0.3) is 5.91 Å². The van der Waals surface area contributed by atoms with Gasteiger partial charge in [-0.1, -0.05) is 69.2 Å². The number of hydrogen-bond donors (Lipinski definition) is 0. The van der Waals surface area contributed by atoms with Gasteiger partial charge in [-0.15, -0.1) is 0 Å². The predicted molar refractivity (Wildman–Crippen MR) is 143 cm³/mol. The fourth-order valence-corrected chi connectivity index (χ4v) is 4.87. The second-order valence-corrected chi connectivity index (χ2v) is 9.47. The zero-order chi connectivity index (χ0) is 24.6. The molecule has 35 heavy (non-hydrogen) atoms. The maximum absolute atomic E-state index is 13.2. The first-order chi connectivity index (χ1) is 17.1. The number of aryl methyl sites for hydroxylation is 3. The SMILES string of the molecule is CCCCCc1ccc(C(=O)N2CCN(c3nc(C)nc(CC)c3Cc3ccccc3)CC2)cc1. The fraction of sp³-hybridized carbons (Fsp3) is 0.433. The lowest BCUT2D eigenvalue weighted by Crippen LogP contribution is -2.49. The summed E-state index contributed by atoms with van der Waals surface area (Å²) in [6.07, 6.45) is 6.48. The third-order valence-electron chi connectivity index (χ3n) is 6.88. The van der Waals surface area contributed by atoms with Crippen molar-refractivity contribution >= 4 is 11.7 Å². The minimum absolute atomic E-state index is 0.127. The van der Waals surface area contributed by atoms with Crippen LogP contribution in [0.1, 0.15) is 71.7 Å². The summed E-state index contributed by atoms with van der Waals surface area (Å²) in [6, 6.07) is 18.8. The lowest BCUT2D eigenvalue weighted by molar-refractivity contribution is 0.0746. The predicted octanol–water partition coefficient (Wildman–Crippen LogP) is 5.63. The Morgan fingerprint density at radius 1 is 0.857 bits per heavy atom. The summed E-state index contributed by atoms with van der Waals surface area (Å²) in [5.74, 6) is 1.97. The number of anilines is 1. The first-order valence-electron chi connectivity index (χ1n) is 13.1. The van der Waals surface area contributed by atoms with Crippen LogP contribution in [-0.2, 0) is 19.3 Å². The van der Waals surface area contributed by atoms with Gasteiger partial charge in [-0.05, 0) is 49.4 Å². The number of carbonyl (C=O) groups is 1. The molecule has 184 valence electrons. The van der Waals surface area contributed by atoms with Crippen molar-refractivity contribution < 1.29 is 4.79 Å². The van der Waals surface area contributed by atoms with Gasteiger partial charge in [-0.3, -0.25) is 4.79 Å². The van der Waals surface area contributed by atoms with Crippen LogP contribution in [0.2, 0.25) is 0 Å². The molecule has 1 aliphatic rings. The summed E-state index contributed by atoms with van der Waals surface area (Å²) >= 11 is 0. The van der Waals surface area contributed by atoms with E-state index in [0.717, 1.165) is 55.3 Å². The van der Waals surface area contributed by atoms with Crippen molar-refractivity contribution in [2.75, 3.05) is 31.1 Å². The highest BCUT2D eigenvalue weighted by atomic mass is 16.2. The van der Waals surface area contributed by atoms with Crippen LogP contribution in [0.3, 0.4) is 0 Å². The van der Waals surface area contributed by atoms with E-state index >= 15 is 0 Å². The monoisotopic (exact) mass is 470 g/mol. The minimum atomic E-state index is 0.127. The first kappa shape index (κ1) is 24.9. The summed E-state index contributed by atoms with van der Waals surface area (Å²) in [4.78, 5) is 27.1. The molecular formula is C30H38N4O. The van der Waals surface area contributed by atoms with Gasteiger partial charge in [-0.2, -0.15) is 0 Å². The fourth-order valence-electron chi connectivity index (χ4n) is 4.87. The Bertz CT molecular complexity index is 1100. The summed E-state index contributed by atoms with van der Waals surface area (Å²) in [5, 5.41) is 0. The molecule has 1 fully saturated rings. The van der Waals surface area contributed by atoms with Crippen LogP contribution in [0.5, 0.6) is 0 Å². The number of rotatable bonds is 9. The van der Waals surface area contributed by atoms with Crippen molar-refractivity contribution in [1.82, 2.24) is 14.9 Å². The Morgan fingerprint density at radius 2 is 1.57 bits per heavy atom. The van der Waals surface area contributed by atoms with Crippen LogP contribution in [0.15, 0.2) is 54.6 Å². The summed E-state index contributed by atoms with van der Waals surface area (Å²) in [7, 11) is 0. The Labute approximate surface area is 210 Å². The minimum Gasteiger partial charge on any atom is -0.353 e. The lowest BCUT2D eigenvalue weighted by Gasteiger charge is -2.36. The van der Waals surface area contributed by atoms with Crippen molar-refractivity contribution in [2.45, 2.75) is 59.3 Å². The van der Waals surface area contributed by atoms with Gasteiger partial charge >= 0.3 is 0 Å².